The molecule has 2 nitrogen and oxygen atoms in total. The number of carbonyl (C=O) groups excluding carboxylic acids is 1. The summed E-state index contributed by atoms with van der Waals surface area (Å²) in [6.07, 6.45) is 0. The van der Waals surface area contributed by atoms with E-state index in [1.807, 2.05) is 54.6 Å². The minimum Gasteiger partial charge on any atom is -0.315 e. The van der Waals surface area contributed by atoms with Gasteiger partial charge in [-0.25, -0.2) is 0 Å². The number of amides is 1. The van der Waals surface area contributed by atoms with Crippen LogP contribution < -0.4 is 4.90 Å². The summed E-state index contributed by atoms with van der Waals surface area (Å²) in [6.45, 7) is 0. The van der Waals surface area contributed by atoms with Crippen LogP contribution in [0.2, 0.25) is 0 Å². The van der Waals surface area contributed by atoms with Crippen molar-refractivity contribution in [1.82, 2.24) is 0 Å². The number of fused-ring (bicyclic) bond motifs is 1. The van der Waals surface area contributed by atoms with Gasteiger partial charge in [0.2, 0.25) is 9.70 Å². The van der Waals surface area contributed by atoms with E-state index in [0.29, 0.717) is 0 Å². The highest BCUT2D eigenvalue weighted by Crippen LogP contribution is 2.51. The first-order valence-corrected chi connectivity index (χ1v) is 8.03. The Bertz CT molecular complexity index is 697. The molecular formula is C17H14Cl3NO. The number of para-hydroxylation sites is 1. The minimum absolute atomic E-state index is 0.187. The Morgan fingerprint density at radius 3 is 2.18 bits per heavy atom. The topological polar surface area (TPSA) is 20.3 Å². The Balaban J connectivity index is 2.25. The standard InChI is InChI=1S/C17H14Cl3NO/c1-21-13-10-6-5-9-12(13)14(11-7-3-2-4-8-11)15(16(21)22)17(18,19)20/h2-10,14-15H,1H3. The number of anilines is 1. The van der Waals surface area contributed by atoms with E-state index in [4.69, 9.17) is 34.8 Å². The molecule has 0 N–H and O–H groups in total. The molecule has 1 aliphatic heterocycles. The fourth-order valence-corrected chi connectivity index (χ4v) is 3.72. The van der Waals surface area contributed by atoms with Crippen LogP contribution in [0, 0.1) is 5.92 Å². The fraction of sp³-hybridized carbons (Fsp3) is 0.235. The van der Waals surface area contributed by atoms with E-state index in [0.717, 1.165) is 16.8 Å². The maximum atomic E-state index is 12.8. The van der Waals surface area contributed by atoms with E-state index in [-0.39, 0.29) is 11.8 Å². The van der Waals surface area contributed by atoms with Crippen molar-refractivity contribution in [3.63, 3.8) is 0 Å². The highest BCUT2D eigenvalue weighted by Gasteiger charge is 2.50. The van der Waals surface area contributed by atoms with Gasteiger partial charge < -0.3 is 4.90 Å². The van der Waals surface area contributed by atoms with Crippen LogP contribution in [-0.2, 0) is 4.79 Å². The average Bonchev–Trinajstić information content (AvgIpc) is 2.50. The van der Waals surface area contributed by atoms with Gasteiger partial charge in [-0.1, -0.05) is 83.3 Å². The number of rotatable bonds is 1. The van der Waals surface area contributed by atoms with Crippen molar-refractivity contribution in [3.05, 3.63) is 65.7 Å². The smallest absolute Gasteiger partial charge is 0.235 e. The van der Waals surface area contributed by atoms with Gasteiger partial charge in [-0.2, -0.15) is 0 Å². The zero-order valence-electron chi connectivity index (χ0n) is 11.8. The van der Waals surface area contributed by atoms with Gasteiger partial charge >= 0.3 is 0 Å². The molecule has 1 heterocycles. The lowest BCUT2D eigenvalue weighted by Crippen LogP contribution is -2.46. The Labute approximate surface area is 144 Å². The van der Waals surface area contributed by atoms with Crippen LogP contribution >= 0.6 is 34.8 Å². The maximum Gasteiger partial charge on any atom is 0.235 e. The third kappa shape index (κ3) is 2.60. The second-order valence-corrected chi connectivity index (χ2v) is 7.73. The molecule has 5 heteroatoms. The number of nitrogens with zero attached hydrogens (tertiary/aromatic N) is 1. The molecule has 0 radical (unpaired) electrons. The fourth-order valence-electron chi connectivity index (χ4n) is 3.07. The summed E-state index contributed by atoms with van der Waals surface area (Å²) in [6, 6.07) is 17.4. The zero-order chi connectivity index (χ0) is 15.9. The van der Waals surface area contributed by atoms with Gasteiger partial charge in [-0.3, -0.25) is 4.79 Å². The maximum absolute atomic E-state index is 12.8. The molecule has 22 heavy (non-hydrogen) atoms. The van der Waals surface area contributed by atoms with Gasteiger partial charge in [0, 0.05) is 18.7 Å². The van der Waals surface area contributed by atoms with Crippen molar-refractivity contribution >= 4 is 46.4 Å². The lowest BCUT2D eigenvalue weighted by Gasteiger charge is -2.40. The molecule has 2 aromatic carbocycles. The van der Waals surface area contributed by atoms with Crippen LogP contribution in [0.15, 0.2) is 54.6 Å². The van der Waals surface area contributed by atoms with Crippen LogP contribution in [0.5, 0.6) is 0 Å². The van der Waals surface area contributed by atoms with Crippen molar-refractivity contribution in [1.29, 1.82) is 0 Å². The first-order chi connectivity index (χ1) is 10.4. The number of carbonyl (C=O) groups is 1. The molecule has 114 valence electrons. The summed E-state index contributed by atoms with van der Waals surface area (Å²) < 4.78 is -1.68. The van der Waals surface area contributed by atoms with Crippen molar-refractivity contribution in [2.75, 3.05) is 11.9 Å². The Kier molecular flexibility index (Phi) is 4.11. The Hall–Kier alpha value is -1.22. The third-order valence-corrected chi connectivity index (χ3v) is 4.78. The Morgan fingerprint density at radius 1 is 0.955 bits per heavy atom. The number of alkyl halides is 3. The van der Waals surface area contributed by atoms with E-state index in [9.17, 15) is 4.79 Å². The lowest BCUT2D eigenvalue weighted by molar-refractivity contribution is -0.122. The molecule has 0 fully saturated rings. The molecular weight excluding hydrogens is 341 g/mol. The van der Waals surface area contributed by atoms with Gasteiger partial charge in [0.25, 0.3) is 0 Å². The van der Waals surface area contributed by atoms with E-state index < -0.39 is 9.71 Å². The second kappa shape index (κ2) is 5.77. The van der Waals surface area contributed by atoms with Crippen LogP contribution in [0.3, 0.4) is 0 Å². The quantitative estimate of drug-likeness (QED) is 0.675. The monoisotopic (exact) mass is 353 g/mol. The van der Waals surface area contributed by atoms with E-state index >= 15 is 0 Å². The lowest BCUT2D eigenvalue weighted by atomic mass is 9.77. The predicted molar refractivity (Wildman–Crippen MR) is 91.9 cm³/mol. The summed E-state index contributed by atoms with van der Waals surface area (Å²) in [7, 11) is 1.71. The van der Waals surface area contributed by atoms with E-state index in [1.54, 1.807) is 11.9 Å². The van der Waals surface area contributed by atoms with Crippen LogP contribution in [-0.4, -0.2) is 16.7 Å². The first kappa shape index (κ1) is 15.7. The van der Waals surface area contributed by atoms with E-state index in [2.05, 4.69) is 0 Å². The average molecular weight is 355 g/mol. The normalized spacial score (nSPS) is 21.6. The first-order valence-electron chi connectivity index (χ1n) is 6.89. The molecule has 0 aliphatic carbocycles. The highest BCUT2D eigenvalue weighted by atomic mass is 35.6. The largest absolute Gasteiger partial charge is 0.315 e. The number of hydrogen-bond donors (Lipinski definition) is 0. The summed E-state index contributed by atoms with van der Waals surface area (Å²) in [5.74, 6) is -1.24. The molecule has 2 aromatic rings. The highest BCUT2D eigenvalue weighted by molar-refractivity contribution is 6.68. The molecule has 0 saturated carbocycles. The van der Waals surface area contributed by atoms with Crippen molar-refractivity contribution < 1.29 is 4.79 Å². The minimum atomic E-state index is -1.68. The second-order valence-electron chi connectivity index (χ2n) is 5.36. The molecule has 0 saturated heterocycles. The molecule has 3 rings (SSSR count). The van der Waals surface area contributed by atoms with Gasteiger partial charge in [0.15, 0.2) is 0 Å². The van der Waals surface area contributed by atoms with E-state index in [1.165, 1.54) is 0 Å². The van der Waals surface area contributed by atoms with Crippen LogP contribution in [0.1, 0.15) is 17.0 Å². The summed E-state index contributed by atoms with van der Waals surface area (Å²) in [4.78, 5) is 14.4. The van der Waals surface area contributed by atoms with Crippen LogP contribution in [0.4, 0.5) is 5.69 Å². The molecule has 0 aromatic heterocycles. The molecule has 1 amide bonds. The summed E-state index contributed by atoms with van der Waals surface area (Å²) in [5.41, 5.74) is 2.81. The summed E-state index contributed by atoms with van der Waals surface area (Å²) in [5, 5.41) is 0. The van der Waals surface area contributed by atoms with Gasteiger partial charge in [0.05, 0.1) is 5.92 Å². The van der Waals surface area contributed by atoms with Gasteiger partial charge in [-0.05, 0) is 17.2 Å². The molecule has 0 spiro atoms. The predicted octanol–water partition coefficient (Wildman–Crippen LogP) is 4.78. The molecule has 0 bridgehead atoms. The zero-order valence-corrected chi connectivity index (χ0v) is 14.1. The number of halogens is 3. The SMILES string of the molecule is CN1C(=O)C(C(Cl)(Cl)Cl)C(c2ccccc2)c2ccccc21. The van der Waals surface area contributed by atoms with Gasteiger partial charge in [0.1, 0.15) is 0 Å². The van der Waals surface area contributed by atoms with Gasteiger partial charge in [-0.15, -0.1) is 0 Å². The van der Waals surface area contributed by atoms with Crippen LogP contribution in [0.25, 0.3) is 0 Å². The third-order valence-electron chi connectivity index (χ3n) is 4.07. The molecule has 2 unspecified atom stereocenters. The number of benzene rings is 2. The number of hydrogen-bond acceptors (Lipinski definition) is 1. The molecule has 1 aliphatic rings. The van der Waals surface area contributed by atoms with Crippen molar-refractivity contribution in [2.45, 2.75) is 9.71 Å². The Morgan fingerprint density at radius 2 is 1.55 bits per heavy atom. The van der Waals surface area contributed by atoms with Crippen molar-refractivity contribution in [2.24, 2.45) is 5.92 Å². The van der Waals surface area contributed by atoms with Crippen molar-refractivity contribution in [3.8, 4) is 0 Å². The molecule has 2 atom stereocenters. The summed E-state index contributed by atoms with van der Waals surface area (Å²) >= 11 is 18.5.